The minimum atomic E-state index is -0.252. The van der Waals surface area contributed by atoms with Crippen molar-refractivity contribution >= 4 is 11.8 Å². The Bertz CT molecular complexity index is 428. The van der Waals surface area contributed by atoms with E-state index in [4.69, 9.17) is 10.5 Å². The van der Waals surface area contributed by atoms with Gasteiger partial charge in [-0.1, -0.05) is 18.2 Å². The summed E-state index contributed by atoms with van der Waals surface area (Å²) in [4.78, 5) is 1.14. The molecule has 0 spiro atoms. The molecular formula is C11H8N2S. The van der Waals surface area contributed by atoms with Crippen LogP contribution in [0.5, 0.6) is 0 Å². The summed E-state index contributed by atoms with van der Waals surface area (Å²) >= 11 is 1.67. The Morgan fingerprint density at radius 3 is 2.71 bits per heavy atom. The average molecular weight is 200 g/mol. The molecule has 1 aliphatic heterocycles. The van der Waals surface area contributed by atoms with Gasteiger partial charge in [0.25, 0.3) is 0 Å². The Morgan fingerprint density at radius 2 is 2.00 bits per heavy atom. The normalized spacial score (nSPS) is 24.4. The van der Waals surface area contributed by atoms with Gasteiger partial charge in [-0.25, -0.2) is 0 Å². The first kappa shape index (κ1) is 9.12. The van der Waals surface area contributed by atoms with Gasteiger partial charge in [-0.2, -0.15) is 10.5 Å². The van der Waals surface area contributed by atoms with Gasteiger partial charge >= 0.3 is 0 Å². The standard InChI is InChI=1S/C11H8N2S/c12-5-8-7-14-11-4-2-1-3-9(11)10(8)6-13/h1-4,8,10H,7H2. The molecule has 1 aromatic rings. The molecule has 0 aliphatic carbocycles. The minimum Gasteiger partial charge on any atom is -0.198 e. The second-order valence-corrected chi connectivity index (χ2v) is 4.25. The van der Waals surface area contributed by atoms with E-state index < -0.39 is 0 Å². The predicted octanol–water partition coefficient (Wildman–Crippen LogP) is 2.54. The van der Waals surface area contributed by atoms with Crippen molar-refractivity contribution in [1.82, 2.24) is 0 Å². The first-order valence-corrected chi connectivity index (χ1v) is 5.36. The number of benzene rings is 1. The summed E-state index contributed by atoms with van der Waals surface area (Å²) in [7, 11) is 0. The monoisotopic (exact) mass is 200 g/mol. The van der Waals surface area contributed by atoms with Crippen molar-refractivity contribution in [3.05, 3.63) is 29.8 Å². The van der Waals surface area contributed by atoms with E-state index in [1.54, 1.807) is 11.8 Å². The molecule has 1 aromatic carbocycles. The van der Waals surface area contributed by atoms with Crippen LogP contribution >= 0.6 is 11.8 Å². The van der Waals surface area contributed by atoms with Crippen LogP contribution in [0.1, 0.15) is 11.5 Å². The summed E-state index contributed by atoms with van der Waals surface area (Å²) in [5.74, 6) is 0.309. The van der Waals surface area contributed by atoms with Crippen molar-refractivity contribution in [1.29, 1.82) is 10.5 Å². The predicted molar refractivity (Wildman–Crippen MR) is 54.6 cm³/mol. The zero-order chi connectivity index (χ0) is 9.97. The van der Waals surface area contributed by atoms with E-state index in [-0.39, 0.29) is 11.8 Å². The molecule has 0 fully saturated rings. The van der Waals surface area contributed by atoms with Crippen LogP contribution in [-0.2, 0) is 0 Å². The lowest BCUT2D eigenvalue weighted by molar-refractivity contribution is 0.654. The average Bonchev–Trinajstić information content (AvgIpc) is 2.27. The molecule has 2 rings (SSSR count). The van der Waals surface area contributed by atoms with Gasteiger partial charge in [-0.15, -0.1) is 11.8 Å². The molecule has 14 heavy (non-hydrogen) atoms. The van der Waals surface area contributed by atoms with Crippen LogP contribution in [0.2, 0.25) is 0 Å². The lowest BCUT2D eigenvalue weighted by Gasteiger charge is -2.23. The highest BCUT2D eigenvalue weighted by Crippen LogP contribution is 2.40. The molecule has 0 radical (unpaired) electrons. The summed E-state index contributed by atoms with van der Waals surface area (Å²) < 4.78 is 0. The van der Waals surface area contributed by atoms with E-state index in [0.29, 0.717) is 0 Å². The number of nitrogens with zero attached hydrogens (tertiary/aromatic N) is 2. The van der Waals surface area contributed by atoms with Gasteiger partial charge in [0.1, 0.15) is 0 Å². The molecule has 1 aliphatic rings. The van der Waals surface area contributed by atoms with Gasteiger partial charge in [0.15, 0.2) is 0 Å². The van der Waals surface area contributed by atoms with Crippen LogP contribution in [-0.4, -0.2) is 5.75 Å². The lowest BCUT2D eigenvalue weighted by atomic mass is 9.89. The zero-order valence-electron chi connectivity index (χ0n) is 7.47. The fraction of sp³-hybridized carbons (Fsp3) is 0.273. The maximum absolute atomic E-state index is 9.03. The van der Waals surface area contributed by atoms with Crippen LogP contribution in [0, 0.1) is 28.6 Å². The highest BCUT2D eigenvalue weighted by molar-refractivity contribution is 7.99. The molecule has 0 N–H and O–H groups in total. The minimum absolute atomic E-state index is 0.167. The Labute approximate surface area is 87.2 Å². The number of rotatable bonds is 0. The topological polar surface area (TPSA) is 47.6 Å². The third-order valence-electron chi connectivity index (χ3n) is 2.38. The van der Waals surface area contributed by atoms with Crippen molar-refractivity contribution < 1.29 is 0 Å². The van der Waals surface area contributed by atoms with Crippen LogP contribution < -0.4 is 0 Å². The van der Waals surface area contributed by atoms with Crippen molar-refractivity contribution in [2.45, 2.75) is 10.8 Å². The summed E-state index contributed by atoms with van der Waals surface area (Å²) in [5.41, 5.74) is 1.01. The molecule has 68 valence electrons. The van der Waals surface area contributed by atoms with Gasteiger partial charge in [0.2, 0.25) is 0 Å². The van der Waals surface area contributed by atoms with E-state index in [0.717, 1.165) is 16.2 Å². The van der Waals surface area contributed by atoms with E-state index in [1.165, 1.54) is 0 Å². The fourth-order valence-corrected chi connectivity index (χ4v) is 2.80. The van der Waals surface area contributed by atoms with Gasteiger partial charge in [0, 0.05) is 10.6 Å². The van der Waals surface area contributed by atoms with Crippen molar-refractivity contribution in [3.8, 4) is 12.1 Å². The maximum Gasteiger partial charge on any atom is 0.0889 e. The van der Waals surface area contributed by atoms with Gasteiger partial charge in [-0.05, 0) is 11.6 Å². The lowest BCUT2D eigenvalue weighted by Crippen LogP contribution is -2.17. The van der Waals surface area contributed by atoms with Gasteiger partial charge in [-0.3, -0.25) is 0 Å². The molecule has 1 heterocycles. The van der Waals surface area contributed by atoms with Crippen molar-refractivity contribution in [2.75, 3.05) is 5.75 Å². The van der Waals surface area contributed by atoms with E-state index in [2.05, 4.69) is 12.1 Å². The highest BCUT2D eigenvalue weighted by Gasteiger charge is 2.29. The number of hydrogen-bond donors (Lipinski definition) is 0. The van der Waals surface area contributed by atoms with Gasteiger partial charge in [0.05, 0.1) is 24.0 Å². The summed E-state index contributed by atoms with van der Waals surface area (Å²) in [6.07, 6.45) is 0. The number of nitriles is 2. The first-order chi connectivity index (χ1) is 6.86. The van der Waals surface area contributed by atoms with E-state index in [1.807, 2.05) is 24.3 Å². The molecule has 0 amide bonds. The Balaban J connectivity index is 2.47. The fourth-order valence-electron chi connectivity index (χ4n) is 1.63. The molecule has 2 atom stereocenters. The summed E-state index contributed by atoms with van der Waals surface area (Å²) in [5, 5.41) is 17.9. The van der Waals surface area contributed by atoms with E-state index in [9.17, 15) is 0 Å². The summed E-state index contributed by atoms with van der Waals surface area (Å²) in [6.45, 7) is 0. The summed E-state index contributed by atoms with van der Waals surface area (Å²) in [6, 6.07) is 12.3. The number of thioether (sulfide) groups is 1. The smallest absolute Gasteiger partial charge is 0.0889 e. The first-order valence-electron chi connectivity index (χ1n) is 4.37. The van der Waals surface area contributed by atoms with E-state index >= 15 is 0 Å². The second kappa shape index (κ2) is 3.74. The van der Waals surface area contributed by atoms with Crippen molar-refractivity contribution in [3.63, 3.8) is 0 Å². The number of hydrogen-bond acceptors (Lipinski definition) is 3. The SMILES string of the molecule is N#CC1CSc2ccccc2C1C#N. The van der Waals surface area contributed by atoms with Crippen molar-refractivity contribution in [2.24, 2.45) is 5.92 Å². The Hall–Kier alpha value is -1.45. The third kappa shape index (κ3) is 1.36. The largest absolute Gasteiger partial charge is 0.198 e. The molecule has 0 saturated heterocycles. The molecule has 0 saturated carbocycles. The molecule has 0 bridgehead atoms. The van der Waals surface area contributed by atoms with Crippen LogP contribution in [0.15, 0.2) is 29.2 Å². The molecule has 2 nitrogen and oxygen atoms in total. The molecule has 2 unspecified atom stereocenters. The second-order valence-electron chi connectivity index (χ2n) is 3.19. The molecule has 3 heteroatoms. The quantitative estimate of drug-likeness (QED) is 0.646. The van der Waals surface area contributed by atoms with Crippen LogP contribution in [0.4, 0.5) is 0 Å². The van der Waals surface area contributed by atoms with Crippen LogP contribution in [0.25, 0.3) is 0 Å². The molecule has 0 aromatic heterocycles. The maximum atomic E-state index is 9.03. The van der Waals surface area contributed by atoms with Gasteiger partial charge < -0.3 is 0 Å². The Morgan fingerprint density at radius 1 is 1.21 bits per heavy atom. The molecular weight excluding hydrogens is 192 g/mol. The zero-order valence-corrected chi connectivity index (χ0v) is 8.29. The Kier molecular flexibility index (Phi) is 2.43. The highest BCUT2D eigenvalue weighted by atomic mass is 32.2. The number of fused-ring (bicyclic) bond motifs is 1. The van der Waals surface area contributed by atoms with Crippen LogP contribution in [0.3, 0.4) is 0 Å². The third-order valence-corrected chi connectivity index (χ3v) is 3.59.